The summed E-state index contributed by atoms with van der Waals surface area (Å²) in [5.74, 6) is -0.543. The fourth-order valence-corrected chi connectivity index (χ4v) is 2.39. The molecule has 154 valence electrons. The Morgan fingerprint density at radius 2 is 1.93 bits per heavy atom. The molecule has 1 aromatic carbocycles. The van der Waals surface area contributed by atoms with Crippen molar-refractivity contribution < 1.29 is 19.1 Å². The summed E-state index contributed by atoms with van der Waals surface area (Å²) in [4.78, 5) is 28.5. The zero-order valence-corrected chi connectivity index (χ0v) is 18.1. The van der Waals surface area contributed by atoms with Gasteiger partial charge in [0.1, 0.15) is 5.60 Å². The first kappa shape index (κ1) is 23.6. The van der Waals surface area contributed by atoms with Gasteiger partial charge in [-0.1, -0.05) is 30.0 Å². The molecule has 0 heterocycles. The maximum atomic E-state index is 12.2. The Labute approximate surface area is 171 Å². The monoisotopic (exact) mass is 407 g/mol. The normalized spacial score (nSPS) is 12.4. The van der Waals surface area contributed by atoms with E-state index in [2.05, 4.69) is 15.6 Å². The summed E-state index contributed by atoms with van der Waals surface area (Å²) in [6, 6.07) is 7.84. The maximum Gasteiger partial charge on any atom is 0.411 e. The van der Waals surface area contributed by atoms with Crippen LogP contribution in [0.15, 0.2) is 41.0 Å². The minimum atomic E-state index is -0.651. The van der Waals surface area contributed by atoms with Gasteiger partial charge in [0.15, 0.2) is 5.17 Å². The van der Waals surface area contributed by atoms with Crippen LogP contribution in [0.25, 0.3) is 0 Å². The van der Waals surface area contributed by atoms with Gasteiger partial charge < -0.3 is 14.8 Å². The van der Waals surface area contributed by atoms with Crippen LogP contribution in [0, 0.1) is 6.92 Å². The minimum absolute atomic E-state index is 0.0453. The third-order valence-corrected chi connectivity index (χ3v) is 3.89. The summed E-state index contributed by atoms with van der Waals surface area (Å²) in [7, 11) is 0. The number of aryl methyl sites for hydroxylation is 1. The average Bonchev–Trinajstić information content (AvgIpc) is 2.60. The van der Waals surface area contributed by atoms with Gasteiger partial charge >= 0.3 is 12.1 Å². The molecule has 1 rings (SSSR count). The average molecular weight is 408 g/mol. The van der Waals surface area contributed by atoms with Gasteiger partial charge in [-0.25, -0.2) is 9.59 Å². The van der Waals surface area contributed by atoms with Gasteiger partial charge in [0, 0.05) is 11.9 Å². The number of aliphatic imine (C=N–C) groups is 1. The predicted octanol–water partition coefficient (Wildman–Crippen LogP) is 4.10. The number of carbonyl (C=O) groups excluding carboxylic acids is 2. The Hall–Kier alpha value is -2.48. The molecule has 1 amide bonds. The van der Waals surface area contributed by atoms with Gasteiger partial charge in [0.2, 0.25) is 0 Å². The Balaban J connectivity index is 2.90. The lowest BCUT2D eigenvalue weighted by atomic mass is 10.2. The lowest BCUT2D eigenvalue weighted by Gasteiger charge is -2.19. The van der Waals surface area contributed by atoms with Crippen LogP contribution in [0.4, 0.5) is 10.5 Å². The number of nitrogens with one attached hydrogen (secondary N) is 2. The highest BCUT2D eigenvalue weighted by Crippen LogP contribution is 2.16. The van der Waals surface area contributed by atoms with E-state index in [-0.39, 0.29) is 18.7 Å². The fourth-order valence-electron chi connectivity index (χ4n) is 1.99. The summed E-state index contributed by atoms with van der Waals surface area (Å²) in [5, 5.41) is 6.34. The molecule has 0 bridgehead atoms. The van der Waals surface area contributed by atoms with E-state index in [9.17, 15) is 9.59 Å². The van der Waals surface area contributed by atoms with E-state index in [0.717, 1.165) is 11.3 Å². The number of hydrogen-bond acceptors (Lipinski definition) is 6. The van der Waals surface area contributed by atoms with Crippen LogP contribution in [-0.2, 0) is 14.3 Å². The van der Waals surface area contributed by atoms with Crippen LogP contribution >= 0.6 is 11.8 Å². The highest BCUT2D eigenvalue weighted by molar-refractivity contribution is 8.13. The molecule has 0 spiro atoms. The number of nitrogens with zero attached hydrogens (tertiary/aromatic N) is 1. The third kappa shape index (κ3) is 8.94. The highest BCUT2D eigenvalue weighted by atomic mass is 32.2. The number of hydrogen-bond donors (Lipinski definition) is 2. The first-order valence-electron chi connectivity index (χ1n) is 8.93. The van der Waals surface area contributed by atoms with E-state index in [0.29, 0.717) is 5.17 Å². The van der Waals surface area contributed by atoms with E-state index in [1.165, 1.54) is 18.0 Å². The number of para-hydroxylation sites is 1. The molecule has 0 saturated carbocycles. The molecule has 0 fully saturated rings. The quantitative estimate of drug-likeness (QED) is 0.319. The number of thioether (sulfide) groups is 1. The third-order valence-electron chi connectivity index (χ3n) is 3.27. The van der Waals surface area contributed by atoms with Crippen molar-refractivity contribution in [2.75, 3.05) is 24.7 Å². The zero-order chi connectivity index (χ0) is 21.2. The lowest BCUT2D eigenvalue weighted by Crippen LogP contribution is -2.30. The van der Waals surface area contributed by atoms with Crippen LogP contribution in [0.1, 0.15) is 33.3 Å². The second kappa shape index (κ2) is 11.4. The molecule has 0 aromatic heterocycles. The number of amidine groups is 1. The van der Waals surface area contributed by atoms with Gasteiger partial charge in [-0.15, -0.1) is 0 Å². The van der Waals surface area contributed by atoms with E-state index in [4.69, 9.17) is 9.47 Å². The van der Waals surface area contributed by atoms with Crippen molar-refractivity contribution in [1.82, 2.24) is 5.32 Å². The standard InChI is InChI=1S/C20H29N3O4S/c1-7-26-17(24)15(13-22-19(25)27-20(3,4)5)12-21-18(28-6)23-16-11-9-8-10-14(16)2/h8-11,13H,7,12H2,1-6H3,(H,21,23)(H,22,25)/b15-13-. The molecule has 2 N–H and O–H groups in total. The molecule has 28 heavy (non-hydrogen) atoms. The van der Waals surface area contributed by atoms with Crippen molar-refractivity contribution in [3.05, 3.63) is 41.6 Å². The molecule has 0 unspecified atom stereocenters. The smallest absolute Gasteiger partial charge is 0.411 e. The van der Waals surface area contributed by atoms with Gasteiger partial charge in [-0.05, 0) is 52.5 Å². The number of ether oxygens (including phenoxy) is 2. The van der Waals surface area contributed by atoms with Gasteiger partial charge in [-0.3, -0.25) is 10.3 Å². The number of carbonyl (C=O) groups is 2. The first-order chi connectivity index (χ1) is 13.2. The van der Waals surface area contributed by atoms with E-state index >= 15 is 0 Å². The van der Waals surface area contributed by atoms with Crippen LogP contribution in [0.2, 0.25) is 0 Å². The molecule has 0 atom stereocenters. The summed E-state index contributed by atoms with van der Waals surface area (Å²) in [6.07, 6.45) is 2.51. The lowest BCUT2D eigenvalue weighted by molar-refractivity contribution is -0.138. The van der Waals surface area contributed by atoms with Crippen molar-refractivity contribution >= 4 is 34.7 Å². The van der Waals surface area contributed by atoms with Crippen molar-refractivity contribution in [2.45, 2.75) is 40.2 Å². The summed E-state index contributed by atoms with van der Waals surface area (Å²) >= 11 is 1.42. The van der Waals surface area contributed by atoms with Crippen molar-refractivity contribution in [3.8, 4) is 0 Å². The van der Waals surface area contributed by atoms with Crippen LogP contribution in [-0.4, -0.2) is 42.2 Å². The number of benzene rings is 1. The van der Waals surface area contributed by atoms with Gasteiger partial charge in [0.05, 0.1) is 18.7 Å². The topological polar surface area (TPSA) is 89.0 Å². The largest absolute Gasteiger partial charge is 0.463 e. The minimum Gasteiger partial charge on any atom is -0.463 e. The molecule has 0 aliphatic heterocycles. The number of esters is 1. The van der Waals surface area contributed by atoms with Gasteiger partial charge in [-0.2, -0.15) is 0 Å². The van der Waals surface area contributed by atoms with Crippen LogP contribution < -0.4 is 10.6 Å². The number of anilines is 1. The Bertz CT molecular complexity index is 739. The van der Waals surface area contributed by atoms with Crippen molar-refractivity contribution in [1.29, 1.82) is 0 Å². The summed E-state index contributed by atoms with van der Waals surface area (Å²) < 4.78 is 10.2. The van der Waals surface area contributed by atoms with E-state index in [1.807, 2.05) is 37.4 Å². The molecule has 8 heteroatoms. The molecule has 0 radical (unpaired) electrons. The second-order valence-corrected chi connectivity index (χ2v) is 7.60. The Morgan fingerprint density at radius 3 is 2.50 bits per heavy atom. The number of amides is 1. The van der Waals surface area contributed by atoms with E-state index < -0.39 is 17.7 Å². The van der Waals surface area contributed by atoms with Gasteiger partial charge in [0.25, 0.3) is 0 Å². The molecule has 1 aromatic rings. The van der Waals surface area contributed by atoms with Crippen molar-refractivity contribution in [2.24, 2.45) is 4.99 Å². The summed E-state index contributed by atoms with van der Waals surface area (Å²) in [5.41, 5.74) is 1.59. The molecular weight excluding hydrogens is 378 g/mol. The molecule has 0 aliphatic rings. The Kier molecular flexibility index (Phi) is 9.58. The molecule has 0 saturated heterocycles. The van der Waals surface area contributed by atoms with E-state index in [1.54, 1.807) is 27.7 Å². The molecule has 7 nitrogen and oxygen atoms in total. The highest BCUT2D eigenvalue weighted by Gasteiger charge is 2.17. The predicted molar refractivity (Wildman–Crippen MR) is 115 cm³/mol. The molecule has 0 aliphatic carbocycles. The van der Waals surface area contributed by atoms with Crippen LogP contribution in [0.5, 0.6) is 0 Å². The number of alkyl carbamates (subject to hydrolysis) is 1. The second-order valence-electron chi connectivity index (χ2n) is 6.80. The fraction of sp³-hybridized carbons (Fsp3) is 0.450. The maximum absolute atomic E-state index is 12.2. The molecular formula is C20H29N3O4S. The Morgan fingerprint density at radius 1 is 1.25 bits per heavy atom. The van der Waals surface area contributed by atoms with Crippen LogP contribution in [0.3, 0.4) is 0 Å². The number of rotatable bonds is 6. The summed E-state index contributed by atoms with van der Waals surface area (Å²) in [6.45, 7) is 9.26. The van der Waals surface area contributed by atoms with Crippen molar-refractivity contribution in [3.63, 3.8) is 0 Å². The zero-order valence-electron chi connectivity index (χ0n) is 17.3. The SMILES string of the molecule is CCOC(=O)/C(=C\NC(=O)OC(C)(C)C)CN=C(Nc1ccccc1C)SC. The first-order valence-corrected chi connectivity index (χ1v) is 10.2.